The first kappa shape index (κ1) is 13.7. The summed E-state index contributed by atoms with van der Waals surface area (Å²) in [5.41, 5.74) is 0.879. The van der Waals surface area contributed by atoms with Gasteiger partial charge in [-0.2, -0.15) is 0 Å². The van der Waals surface area contributed by atoms with Gasteiger partial charge in [-0.25, -0.2) is 9.18 Å². The van der Waals surface area contributed by atoms with Crippen LogP contribution in [-0.4, -0.2) is 12.6 Å². The van der Waals surface area contributed by atoms with Crippen molar-refractivity contribution >= 4 is 5.97 Å². The zero-order chi connectivity index (χ0) is 12.7. The standard InChI is InChI=1S/C14H19FO2/c1-3-4-5-6-9-17-14(16)12-10-11(2)7-8-13(12)15/h7-8,10H,3-6,9H2,1-2H3. The van der Waals surface area contributed by atoms with E-state index in [2.05, 4.69) is 6.92 Å². The first-order valence-corrected chi connectivity index (χ1v) is 6.08. The van der Waals surface area contributed by atoms with E-state index >= 15 is 0 Å². The van der Waals surface area contributed by atoms with E-state index in [-0.39, 0.29) is 5.56 Å². The van der Waals surface area contributed by atoms with Crippen LogP contribution in [0.15, 0.2) is 18.2 Å². The van der Waals surface area contributed by atoms with E-state index < -0.39 is 11.8 Å². The number of carbonyl (C=O) groups excluding carboxylic acids is 1. The fourth-order valence-electron chi connectivity index (χ4n) is 1.57. The van der Waals surface area contributed by atoms with Crippen molar-refractivity contribution in [2.45, 2.75) is 39.5 Å². The van der Waals surface area contributed by atoms with Crippen LogP contribution >= 0.6 is 0 Å². The van der Waals surface area contributed by atoms with Crippen molar-refractivity contribution < 1.29 is 13.9 Å². The fraction of sp³-hybridized carbons (Fsp3) is 0.500. The Morgan fingerprint density at radius 3 is 2.76 bits per heavy atom. The number of rotatable bonds is 6. The molecule has 0 unspecified atom stereocenters. The molecule has 0 fully saturated rings. The van der Waals surface area contributed by atoms with Gasteiger partial charge in [0.25, 0.3) is 0 Å². The van der Waals surface area contributed by atoms with Crippen LogP contribution in [0.2, 0.25) is 0 Å². The Hall–Kier alpha value is -1.38. The van der Waals surface area contributed by atoms with Gasteiger partial charge in [-0.05, 0) is 25.5 Å². The van der Waals surface area contributed by atoms with Crippen molar-refractivity contribution in [3.05, 3.63) is 35.1 Å². The Bertz CT molecular complexity index is 374. The Balaban J connectivity index is 2.44. The quantitative estimate of drug-likeness (QED) is 0.555. The Morgan fingerprint density at radius 1 is 1.29 bits per heavy atom. The first-order valence-electron chi connectivity index (χ1n) is 6.08. The molecule has 94 valence electrons. The van der Waals surface area contributed by atoms with Gasteiger partial charge < -0.3 is 4.74 Å². The molecule has 1 rings (SSSR count). The van der Waals surface area contributed by atoms with Gasteiger partial charge in [0.2, 0.25) is 0 Å². The number of ether oxygens (including phenoxy) is 1. The molecule has 0 aliphatic carbocycles. The molecular weight excluding hydrogens is 219 g/mol. The van der Waals surface area contributed by atoms with Crippen LogP contribution in [0.3, 0.4) is 0 Å². The number of unbranched alkanes of at least 4 members (excludes halogenated alkanes) is 3. The number of aryl methyl sites for hydroxylation is 1. The smallest absolute Gasteiger partial charge is 0.341 e. The minimum Gasteiger partial charge on any atom is -0.462 e. The second-order valence-electron chi connectivity index (χ2n) is 4.18. The van der Waals surface area contributed by atoms with Gasteiger partial charge in [-0.1, -0.05) is 37.8 Å². The predicted molar refractivity (Wildman–Crippen MR) is 65.6 cm³/mol. The minimum absolute atomic E-state index is 0.0282. The van der Waals surface area contributed by atoms with E-state index in [1.165, 1.54) is 12.1 Å². The lowest BCUT2D eigenvalue weighted by molar-refractivity contribution is 0.0492. The molecule has 0 atom stereocenters. The average Bonchev–Trinajstić information content (AvgIpc) is 2.32. The van der Waals surface area contributed by atoms with Gasteiger partial charge in [0.15, 0.2) is 0 Å². The van der Waals surface area contributed by atoms with Gasteiger partial charge in [0, 0.05) is 0 Å². The second-order valence-corrected chi connectivity index (χ2v) is 4.18. The summed E-state index contributed by atoms with van der Waals surface area (Å²) in [5.74, 6) is -1.09. The largest absolute Gasteiger partial charge is 0.462 e. The highest BCUT2D eigenvalue weighted by molar-refractivity contribution is 5.89. The maximum absolute atomic E-state index is 13.3. The number of esters is 1. The highest BCUT2D eigenvalue weighted by Gasteiger charge is 2.12. The Labute approximate surface area is 102 Å². The molecule has 0 aliphatic rings. The molecule has 0 N–H and O–H groups in total. The van der Waals surface area contributed by atoms with Gasteiger partial charge in [-0.15, -0.1) is 0 Å². The zero-order valence-corrected chi connectivity index (χ0v) is 10.5. The summed E-state index contributed by atoms with van der Waals surface area (Å²) in [5, 5.41) is 0. The lowest BCUT2D eigenvalue weighted by Gasteiger charge is -2.06. The van der Waals surface area contributed by atoms with Gasteiger partial charge >= 0.3 is 5.97 Å². The first-order chi connectivity index (χ1) is 8.15. The molecule has 0 saturated heterocycles. The summed E-state index contributed by atoms with van der Waals surface area (Å²) < 4.78 is 18.4. The second kappa shape index (κ2) is 7.05. The molecule has 1 aromatic carbocycles. The van der Waals surface area contributed by atoms with Crippen molar-refractivity contribution in [2.75, 3.05) is 6.61 Å². The minimum atomic E-state index is -0.567. The summed E-state index contributed by atoms with van der Waals surface area (Å²) >= 11 is 0. The molecule has 0 saturated carbocycles. The average molecular weight is 238 g/mol. The van der Waals surface area contributed by atoms with Crippen molar-refractivity contribution in [2.24, 2.45) is 0 Å². The topological polar surface area (TPSA) is 26.3 Å². The number of halogens is 1. The molecule has 0 radical (unpaired) electrons. The molecule has 0 heterocycles. The molecule has 3 heteroatoms. The van der Waals surface area contributed by atoms with Crippen LogP contribution in [0.5, 0.6) is 0 Å². The Kier molecular flexibility index (Phi) is 5.67. The molecule has 0 aliphatic heterocycles. The summed E-state index contributed by atoms with van der Waals surface area (Å²) in [7, 11) is 0. The highest BCUT2D eigenvalue weighted by Crippen LogP contribution is 2.11. The van der Waals surface area contributed by atoms with Crippen molar-refractivity contribution in [3.63, 3.8) is 0 Å². The molecule has 17 heavy (non-hydrogen) atoms. The predicted octanol–water partition coefficient (Wildman–Crippen LogP) is 3.87. The number of benzene rings is 1. The maximum atomic E-state index is 13.3. The van der Waals surface area contributed by atoms with Crippen LogP contribution in [0.25, 0.3) is 0 Å². The highest BCUT2D eigenvalue weighted by atomic mass is 19.1. The van der Waals surface area contributed by atoms with Gasteiger partial charge in [0.05, 0.1) is 12.2 Å². The van der Waals surface area contributed by atoms with Crippen molar-refractivity contribution in [1.29, 1.82) is 0 Å². The lowest BCUT2D eigenvalue weighted by Crippen LogP contribution is -2.09. The lowest BCUT2D eigenvalue weighted by atomic mass is 10.1. The van der Waals surface area contributed by atoms with Gasteiger partial charge in [-0.3, -0.25) is 0 Å². The fourth-order valence-corrected chi connectivity index (χ4v) is 1.57. The SMILES string of the molecule is CCCCCCOC(=O)c1cc(C)ccc1F. The zero-order valence-electron chi connectivity index (χ0n) is 10.5. The third kappa shape index (κ3) is 4.55. The van der Waals surface area contributed by atoms with Crippen molar-refractivity contribution in [3.8, 4) is 0 Å². The molecule has 0 bridgehead atoms. The molecule has 0 aromatic heterocycles. The molecule has 0 spiro atoms. The van der Waals surface area contributed by atoms with Gasteiger partial charge in [0.1, 0.15) is 5.82 Å². The molecular formula is C14H19FO2. The monoisotopic (exact) mass is 238 g/mol. The number of carbonyl (C=O) groups is 1. The normalized spacial score (nSPS) is 10.3. The molecule has 1 aromatic rings. The summed E-state index contributed by atoms with van der Waals surface area (Å²) in [6.07, 6.45) is 4.16. The van der Waals surface area contributed by atoms with Crippen LogP contribution in [-0.2, 0) is 4.74 Å². The van der Waals surface area contributed by atoms with E-state index in [1.54, 1.807) is 6.07 Å². The van der Waals surface area contributed by atoms with Crippen LogP contribution in [0.1, 0.15) is 48.5 Å². The summed E-state index contributed by atoms with van der Waals surface area (Å²) in [4.78, 5) is 11.6. The van der Waals surface area contributed by atoms with Crippen LogP contribution < -0.4 is 0 Å². The van der Waals surface area contributed by atoms with E-state index in [4.69, 9.17) is 4.74 Å². The third-order valence-corrected chi connectivity index (χ3v) is 2.57. The summed E-state index contributed by atoms with van der Waals surface area (Å²) in [6.45, 7) is 4.30. The summed E-state index contributed by atoms with van der Waals surface area (Å²) in [6, 6.07) is 4.44. The van der Waals surface area contributed by atoms with E-state index in [0.717, 1.165) is 31.2 Å². The van der Waals surface area contributed by atoms with E-state index in [9.17, 15) is 9.18 Å². The Morgan fingerprint density at radius 2 is 2.06 bits per heavy atom. The van der Waals surface area contributed by atoms with E-state index in [1.807, 2.05) is 6.92 Å². The molecule has 0 amide bonds. The van der Waals surface area contributed by atoms with Crippen LogP contribution in [0, 0.1) is 12.7 Å². The third-order valence-electron chi connectivity index (χ3n) is 2.57. The molecule has 2 nitrogen and oxygen atoms in total. The van der Waals surface area contributed by atoms with Crippen molar-refractivity contribution in [1.82, 2.24) is 0 Å². The number of hydrogen-bond acceptors (Lipinski definition) is 2. The van der Waals surface area contributed by atoms with Crippen LogP contribution in [0.4, 0.5) is 4.39 Å². The number of hydrogen-bond donors (Lipinski definition) is 0. The van der Waals surface area contributed by atoms with E-state index in [0.29, 0.717) is 6.61 Å². The maximum Gasteiger partial charge on any atom is 0.341 e.